The summed E-state index contributed by atoms with van der Waals surface area (Å²) in [6.07, 6.45) is 4.18. The van der Waals surface area contributed by atoms with Crippen LogP contribution in [0.25, 0.3) is 0 Å². The number of amides is 1. The number of unbranched alkanes of at least 4 members (excludes halogenated alkanes) is 3. The molecule has 0 aromatic carbocycles. The summed E-state index contributed by atoms with van der Waals surface area (Å²) in [4.78, 5) is 25.8. The van der Waals surface area contributed by atoms with Crippen LogP contribution in [0.3, 0.4) is 0 Å². The molecule has 1 saturated heterocycles. The fraction of sp³-hybridized carbons (Fsp3) is 0.789. The van der Waals surface area contributed by atoms with E-state index in [2.05, 4.69) is 18.8 Å². The lowest BCUT2D eigenvalue weighted by Gasteiger charge is -2.33. The van der Waals surface area contributed by atoms with E-state index in [1.54, 1.807) is 13.8 Å². The Kier molecular flexibility index (Phi) is 7.28. The number of carbonyl (C=O) groups is 2. The van der Waals surface area contributed by atoms with E-state index in [-0.39, 0.29) is 12.4 Å². The number of ether oxygens (including phenoxy) is 2. The van der Waals surface area contributed by atoms with Gasteiger partial charge in [0.05, 0.1) is 6.61 Å². The van der Waals surface area contributed by atoms with Crippen molar-refractivity contribution in [3.05, 3.63) is 0 Å². The third kappa shape index (κ3) is 6.52. The molecule has 0 aromatic rings. The highest BCUT2D eigenvalue weighted by molar-refractivity contribution is 5.95. The van der Waals surface area contributed by atoms with Crippen molar-refractivity contribution in [2.45, 2.75) is 91.0 Å². The van der Waals surface area contributed by atoms with Gasteiger partial charge < -0.3 is 9.47 Å². The van der Waals surface area contributed by atoms with Crippen molar-refractivity contribution in [3.8, 4) is 11.8 Å². The summed E-state index contributed by atoms with van der Waals surface area (Å²) < 4.78 is 11.1. The van der Waals surface area contributed by atoms with E-state index in [0.29, 0.717) is 6.42 Å². The normalized spacial score (nSPS) is 19.6. The lowest BCUT2D eigenvalue weighted by molar-refractivity contribution is -0.114. The Morgan fingerprint density at radius 2 is 1.92 bits per heavy atom. The summed E-state index contributed by atoms with van der Waals surface area (Å²) in [7, 11) is 0. The SMILES string of the molecule is CCCCCCC(=O)C#C[C@@H]1COC(C)(C)N1C(=O)OC(C)(C)C. The first-order valence-corrected chi connectivity index (χ1v) is 8.77. The molecular weight excluding hydrogens is 306 g/mol. The second kappa shape index (κ2) is 8.53. The van der Waals surface area contributed by atoms with Gasteiger partial charge in [0.2, 0.25) is 5.78 Å². The van der Waals surface area contributed by atoms with Crippen molar-refractivity contribution in [2.75, 3.05) is 6.61 Å². The standard InChI is InChI=1S/C19H31NO4/c1-7-8-9-10-11-16(21)13-12-15-14-23-19(5,6)20(15)17(22)24-18(2,3)4/h15H,7-11,14H2,1-6H3/t15-/m1/s1. The number of rotatable bonds is 5. The zero-order chi connectivity index (χ0) is 18.4. The van der Waals surface area contributed by atoms with Crippen LogP contribution in [-0.2, 0) is 14.3 Å². The molecule has 0 aromatic heterocycles. The third-order valence-corrected chi connectivity index (χ3v) is 3.71. The van der Waals surface area contributed by atoms with E-state index in [4.69, 9.17) is 9.47 Å². The van der Waals surface area contributed by atoms with Gasteiger partial charge in [0.25, 0.3) is 0 Å². The zero-order valence-electron chi connectivity index (χ0n) is 15.9. The molecule has 0 N–H and O–H groups in total. The van der Waals surface area contributed by atoms with Gasteiger partial charge in [-0.15, -0.1) is 0 Å². The Hall–Kier alpha value is -1.54. The highest BCUT2D eigenvalue weighted by Gasteiger charge is 2.45. The van der Waals surface area contributed by atoms with Crippen LogP contribution in [0.15, 0.2) is 0 Å². The van der Waals surface area contributed by atoms with Crippen LogP contribution < -0.4 is 0 Å². The van der Waals surface area contributed by atoms with E-state index in [1.165, 1.54) is 4.90 Å². The molecule has 1 amide bonds. The smallest absolute Gasteiger partial charge is 0.413 e. The van der Waals surface area contributed by atoms with Crippen molar-refractivity contribution >= 4 is 11.9 Å². The topological polar surface area (TPSA) is 55.8 Å². The minimum absolute atomic E-state index is 0.0834. The summed E-state index contributed by atoms with van der Waals surface area (Å²) in [5, 5.41) is 0. The highest BCUT2D eigenvalue weighted by Crippen LogP contribution is 2.29. The monoisotopic (exact) mass is 337 g/mol. The van der Waals surface area contributed by atoms with Crippen LogP contribution in [0, 0.1) is 11.8 Å². The Morgan fingerprint density at radius 1 is 1.25 bits per heavy atom. The molecule has 1 aliphatic rings. The molecule has 5 heteroatoms. The van der Waals surface area contributed by atoms with E-state index >= 15 is 0 Å². The Labute approximate surface area is 146 Å². The number of Topliss-reactive ketones (excluding diaryl/α,β-unsaturated/α-hetero) is 1. The Morgan fingerprint density at radius 3 is 2.50 bits per heavy atom. The predicted octanol–water partition coefficient (Wildman–Crippen LogP) is 3.90. The van der Waals surface area contributed by atoms with E-state index in [1.807, 2.05) is 20.8 Å². The molecule has 0 bridgehead atoms. The van der Waals surface area contributed by atoms with Gasteiger partial charge >= 0.3 is 6.09 Å². The van der Waals surface area contributed by atoms with Crippen molar-refractivity contribution in [1.29, 1.82) is 0 Å². The van der Waals surface area contributed by atoms with Crippen LogP contribution in [0.2, 0.25) is 0 Å². The molecule has 1 atom stereocenters. The maximum Gasteiger partial charge on any atom is 0.413 e. The number of carbonyl (C=O) groups excluding carboxylic acids is 2. The van der Waals surface area contributed by atoms with Gasteiger partial charge in [-0.2, -0.15) is 0 Å². The molecule has 1 aliphatic heterocycles. The van der Waals surface area contributed by atoms with Gasteiger partial charge in [0.1, 0.15) is 17.4 Å². The zero-order valence-corrected chi connectivity index (χ0v) is 15.9. The van der Waals surface area contributed by atoms with Crippen LogP contribution in [0.4, 0.5) is 4.79 Å². The largest absolute Gasteiger partial charge is 0.444 e. The van der Waals surface area contributed by atoms with Gasteiger partial charge in [-0.1, -0.05) is 32.1 Å². The average Bonchev–Trinajstić information content (AvgIpc) is 2.74. The molecule has 0 unspecified atom stereocenters. The number of nitrogens with zero attached hydrogens (tertiary/aromatic N) is 1. The van der Waals surface area contributed by atoms with Gasteiger partial charge in [-0.25, -0.2) is 4.79 Å². The van der Waals surface area contributed by atoms with Crippen LogP contribution in [-0.4, -0.2) is 40.8 Å². The van der Waals surface area contributed by atoms with Crippen molar-refractivity contribution in [3.63, 3.8) is 0 Å². The molecule has 5 nitrogen and oxygen atoms in total. The maximum atomic E-state index is 12.4. The Bertz CT molecular complexity index is 508. The van der Waals surface area contributed by atoms with Gasteiger partial charge in [0.15, 0.2) is 0 Å². The molecule has 0 spiro atoms. The quantitative estimate of drug-likeness (QED) is 0.434. The molecule has 24 heavy (non-hydrogen) atoms. The van der Waals surface area contributed by atoms with Crippen LogP contribution in [0.5, 0.6) is 0 Å². The second-order valence-electron chi connectivity index (χ2n) is 7.63. The first-order valence-electron chi connectivity index (χ1n) is 8.77. The minimum Gasteiger partial charge on any atom is -0.444 e. The van der Waals surface area contributed by atoms with E-state index in [0.717, 1.165) is 25.7 Å². The number of ketones is 1. The van der Waals surface area contributed by atoms with Crippen molar-refractivity contribution in [2.24, 2.45) is 0 Å². The second-order valence-corrected chi connectivity index (χ2v) is 7.63. The lowest BCUT2D eigenvalue weighted by atomic mass is 10.1. The summed E-state index contributed by atoms with van der Waals surface area (Å²) in [6, 6.07) is -0.463. The predicted molar refractivity (Wildman–Crippen MR) is 93.4 cm³/mol. The summed E-state index contributed by atoms with van der Waals surface area (Å²) in [6.45, 7) is 11.5. The summed E-state index contributed by atoms with van der Waals surface area (Å²) in [5.41, 5.74) is -1.39. The molecule has 0 radical (unpaired) electrons. The fourth-order valence-electron chi connectivity index (χ4n) is 2.51. The third-order valence-electron chi connectivity index (χ3n) is 3.71. The molecule has 1 rings (SSSR count). The Balaban J connectivity index is 2.71. The van der Waals surface area contributed by atoms with E-state index < -0.39 is 23.5 Å². The molecule has 0 aliphatic carbocycles. The molecule has 0 saturated carbocycles. The summed E-state index contributed by atoms with van der Waals surface area (Å²) >= 11 is 0. The number of hydrogen-bond donors (Lipinski definition) is 0. The van der Waals surface area contributed by atoms with E-state index in [9.17, 15) is 9.59 Å². The maximum absolute atomic E-state index is 12.4. The van der Waals surface area contributed by atoms with Gasteiger partial charge in [0, 0.05) is 6.42 Å². The van der Waals surface area contributed by atoms with Crippen LogP contribution in [0.1, 0.15) is 73.6 Å². The first-order chi connectivity index (χ1) is 11.1. The van der Waals surface area contributed by atoms with Crippen molar-refractivity contribution < 1.29 is 19.1 Å². The first kappa shape index (κ1) is 20.5. The summed E-state index contributed by atoms with van der Waals surface area (Å²) in [5.74, 6) is 5.48. The molecular formula is C19H31NO4. The highest BCUT2D eigenvalue weighted by atomic mass is 16.6. The molecule has 1 heterocycles. The molecule has 136 valence electrons. The fourth-order valence-corrected chi connectivity index (χ4v) is 2.51. The van der Waals surface area contributed by atoms with Gasteiger partial charge in [-0.05, 0) is 47.0 Å². The van der Waals surface area contributed by atoms with Crippen LogP contribution >= 0.6 is 0 Å². The number of hydrogen-bond acceptors (Lipinski definition) is 4. The molecule has 1 fully saturated rings. The minimum atomic E-state index is -0.800. The van der Waals surface area contributed by atoms with Gasteiger partial charge in [-0.3, -0.25) is 9.69 Å². The lowest BCUT2D eigenvalue weighted by Crippen LogP contribution is -2.49. The van der Waals surface area contributed by atoms with Crippen molar-refractivity contribution in [1.82, 2.24) is 4.90 Å². The average molecular weight is 337 g/mol.